The van der Waals surface area contributed by atoms with Gasteiger partial charge in [-0.2, -0.15) is 0 Å². The number of methoxy groups -OCH3 is 1. The van der Waals surface area contributed by atoms with E-state index in [9.17, 15) is 4.79 Å². The summed E-state index contributed by atoms with van der Waals surface area (Å²) >= 11 is 5.56. The van der Waals surface area contributed by atoms with E-state index in [4.69, 9.17) is 16.3 Å². The third-order valence-electron chi connectivity index (χ3n) is 4.00. The molecule has 22 heavy (non-hydrogen) atoms. The number of rotatable bonds is 12. The molecule has 2 nitrogen and oxygen atoms in total. The zero-order valence-electron chi connectivity index (χ0n) is 14.0. The summed E-state index contributed by atoms with van der Waals surface area (Å²) in [7, 11) is 1.61. The van der Waals surface area contributed by atoms with E-state index in [1.807, 2.05) is 12.1 Å². The molecule has 0 spiro atoms. The fourth-order valence-electron chi connectivity index (χ4n) is 2.68. The second-order valence-corrected chi connectivity index (χ2v) is 6.27. The van der Waals surface area contributed by atoms with Crippen LogP contribution in [0.2, 0.25) is 0 Å². The second-order valence-electron chi connectivity index (χ2n) is 5.92. The van der Waals surface area contributed by atoms with Crippen LogP contribution in [-0.4, -0.2) is 12.4 Å². The molecular formula is C19H29ClO2. The number of benzene rings is 1. The molecule has 0 fully saturated rings. The fraction of sp³-hybridized carbons (Fsp3) is 0.632. The van der Waals surface area contributed by atoms with Crippen molar-refractivity contribution in [3.63, 3.8) is 0 Å². The summed E-state index contributed by atoms with van der Waals surface area (Å²) < 4.78 is 5.23. The zero-order valence-corrected chi connectivity index (χ0v) is 14.8. The van der Waals surface area contributed by atoms with Crippen LogP contribution in [0.25, 0.3) is 0 Å². The van der Waals surface area contributed by atoms with E-state index >= 15 is 0 Å². The Morgan fingerprint density at radius 3 is 2.09 bits per heavy atom. The van der Waals surface area contributed by atoms with Crippen molar-refractivity contribution in [2.45, 2.75) is 71.1 Å². The molecule has 0 amide bonds. The Morgan fingerprint density at radius 1 is 0.955 bits per heavy atom. The summed E-state index contributed by atoms with van der Waals surface area (Å²) in [6.45, 7) is 2.25. The molecule has 124 valence electrons. The van der Waals surface area contributed by atoms with E-state index in [-0.39, 0.29) is 0 Å². The highest BCUT2D eigenvalue weighted by atomic mass is 35.5. The molecule has 1 rings (SSSR count). The van der Waals surface area contributed by atoms with Crippen molar-refractivity contribution in [2.75, 3.05) is 7.11 Å². The van der Waals surface area contributed by atoms with Crippen molar-refractivity contribution in [3.05, 3.63) is 29.3 Å². The minimum absolute atomic E-state index is 0.424. The summed E-state index contributed by atoms with van der Waals surface area (Å²) in [5.41, 5.74) is 1.65. The van der Waals surface area contributed by atoms with Gasteiger partial charge in [-0.15, -0.1) is 0 Å². The van der Waals surface area contributed by atoms with Gasteiger partial charge in [0.1, 0.15) is 5.75 Å². The van der Waals surface area contributed by atoms with Crippen LogP contribution in [0.5, 0.6) is 5.75 Å². The highest BCUT2D eigenvalue weighted by molar-refractivity contribution is 6.67. The van der Waals surface area contributed by atoms with E-state index in [0.717, 1.165) is 18.4 Å². The van der Waals surface area contributed by atoms with Crippen molar-refractivity contribution < 1.29 is 9.53 Å². The Morgan fingerprint density at radius 2 is 1.55 bits per heavy atom. The van der Waals surface area contributed by atoms with Crippen molar-refractivity contribution in [1.29, 1.82) is 0 Å². The van der Waals surface area contributed by atoms with Crippen LogP contribution in [0, 0.1) is 0 Å². The quantitative estimate of drug-likeness (QED) is 0.340. The number of hydrogen-bond donors (Lipinski definition) is 0. The summed E-state index contributed by atoms with van der Waals surface area (Å²) in [4.78, 5) is 11.3. The van der Waals surface area contributed by atoms with Crippen LogP contribution in [0.15, 0.2) is 18.2 Å². The molecular weight excluding hydrogens is 296 g/mol. The maximum absolute atomic E-state index is 11.3. The lowest BCUT2D eigenvalue weighted by molar-refractivity contribution is 0.108. The Hall–Kier alpha value is -1.02. The lowest BCUT2D eigenvalue weighted by Gasteiger charge is -2.07. The third kappa shape index (κ3) is 7.84. The molecule has 1 aromatic rings. The smallest absolute Gasteiger partial charge is 0.252 e. The van der Waals surface area contributed by atoms with Crippen LogP contribution < -0.4 is 4.74 Å². The maximum Gasteiger partial charge on any atom is 0.252 e. The minimum atomic E-state index is -0.424. The average molecular weight is 325 g/mol. The van der Waals surface area contributed by atoms with Crippen molar-refractivity contribution in [2.24, 2.45) is 0 Å². The highest BCUT2D eigenvalue weighted by Crippen LogP contribution is 2.20. The van der Waals surface area contributed by atoms with E-state index in [0.29, 0.717) is 11.3 Å². The van der Waals surface area contributed by atoms with Crippen LogP contribution in [0.1, 0.15) is 80.6 Å². The van der Waals surface area contributed by atoms with Gasteiger partial charge >= 0.3 is 0 Å². The molecule has 0 saturated heterocycles. The SMILES string of the molecule is CCCCCCCCCCCc1cc(OC)cc(C(=O)Cl)c1. The second kappa shape index (κ2) is 11.5. The minimum Gasteiger partial charge on any atom is -0.497 e. The summed E-state index contributed by atoms with van der Waals surface area (Å²) in [6.07, 6.45) is 12.8. The summed E-state index contributed by atoms with van der Waals surface area (Å²) in [5, 5.41) is -0.424. The Balaban J connectivity index is 2.24. The van der Waals surface area contributed by atoms with Gasteiger partial charge in [-0.1, -0.05) is 58.3 Å². The molecule has 0 aliphatic carbocycles. The summed E-state index contributed by atoms with van der Waals surface area (Å²) in [6, 6.07) is 5.56. The molecule has 0 N–H and O–H groups in total. The molecule has 0 atom stereocenters. The molecule has 0 radical (unpaired) electrons. The molecule has 0 aromatic heterocycles. The fourth-order valence-corrected chi connectivity index (χ4v) is 2.79. The highest BCUT2D eigenvalue weighted by Gasteiger charge is 2.06. The molecule has 0 aliphatic rings. The van der Waals surface area contributed by atoms with Crippen LogP contribution in [-0.2, 0) is 6.42 Å². The van der Waals surface area contributed by atoms with E-state index in [2.05, 4.69) is 6.92 Å². The molecule has 0 aliphatic heterocycles. The van der Waals surface area contributed by atoms with Gasteiger partial charge in [-0.3, -0.25) is 4.79 Å². The Kier molecular flexibility index (Phi) is 9.98. The lowest BCUT2D eigenvalue weighted by Crippen LogP contribution is -1.95. The number of aryl methyl sites for hydroxylation is 1. The van der Waals surface area contributed by atoms with Crippen LogP contribution >= 0.6 is 11.6 Å². The van der Waals surface area contributed by atoms with Gasteiger partial charge in [0, 0.05) is 5.56 Å². The van der Waals surface area contributed by atoms with E-state index in [1.165, 1.54) is 51.4 Å². The number of halogens is 1. The van der Waals surface area contributed by atoms with Crippen LogP contribution in [0.3, 0.4) is 0 Å². The van der Waals surface area contributed by atoms with Gasteiger partial charge < -0.3 is 4.74 Å². The van der Waals surface area contributed by atoms with Crippen LogP contribution in [0.4, 0.5) is 0 Å². The average Bonchev–Trinajstić information content (AvgIpc) is 2.53. The number of carbonyl (C=O) groups excluding carboxylic acids is 1. The number of unbranched alkanes of at least 4 members (excludes halogenated alkanes) is 8. The first-order valence-corrected chi connectivity index (χ1v) is 8.93. The first kappa shape index (κ1) is 19.0. The van der Waals surface area contributed by atoms with Crippen molar-refractivity contribution in [3.8, 4) is 5.75 Å². The van der Waals surface area contributed by atoms with Crippen molar-refractivity contribution >= 4 is 16.8 Å². The first-order chi connectivity index (χ1) is 10.7. The van der Waals surface area contributed by atoms with Gasteiger partial charge in [0.15, 0.2) is 0 Å². The molecule has 1 aromatic carbocycles. The third-order valence-corrected chi connectivity index (χ3v) is 4.22. The Bertz CT molecular complexity index is 443. The molecule has 0 unspecified atom stereocenters. The molecule has 0 bridgehead atoms. The number of carbonyl (C=O) groups is 1. The van der Waals surface area contributed by atoms with E-state index < -0.39 is 5.24 Å². The van der Waals surface area contributed by atoms with Gasteiger partial charge in [-0.05, 0) is 48.2 Å². The molecule has 0 heterocycles. The zero-order chi connectivity index (χ0) is 16.2. The standard InChI is InChI=1S/C19H29ClO2/c1-3-4-5-6-7-8-9-10-11-12-16-13-17(19(20)21)15-18(14-16)22-2/h13-15H,3-12H2,1-2H3. The van der Waals surface area contributed by atoms with Gasteiger partial charge in [0.25, 0.3) is 5.24 Å². The predicted molar refractivity (Wildman–Crippen MR) is 94.1 cm³/mol. The Labute approximate surface area is 140 Å². The van der Waals surface area contributed by atoms with Gasteiger partial charge in [-0.25, -0.2) is 0 Å². The normalized spacial score (nSPS) is 10.7. The van der Waals surface area contributed by atoms with Gasteiger partial charge in [0.05, 0.1) is 7.11 Å². The monoisotopic (exact) mass is 324 g/mol. The van der Waals surface area contributed by atoms with Gasteiger partial charge in [0.2, 0.25) is 0 Å². The first-order valence-electron chi connectivity index (χ1n) is 8.55. The number of hydrogen-bond acceptors (Lipinski definition) is 2. The topological polar surface area (TPSA) is 26.3 Å². The summed E-state index contributed by atoms with van der Waals surface area (Å²) in [5.74, 6) is 0.706. The van der Waals surface area contributed by atoms with Crippen molar-refractivity contribution in [1.82, 2.24) is 0 Å². The molecule has 3 heteroatoms. The number of ether oxygens (including phenoxy) is 1. The van der Waals surface area contributed by atoms with E-state index in [1.54, 1.807) is 13.2 Å². The largest absolute Gasteiger partial charge is 0.497 e. The molecule has 0 saturated carbocycles. The maximum atomic E-state index is 11.3. The lowest BCUT2D eigenvalue weighted by atomic mass is 10.0. The predicted octanol–water partition coefficient (Wildman–Crippen LogP) is 6.15.